The van der Waals surface area contributed by atoms with Crippen LogP contribution < -0.4 is 10.2 Å². The van der Waals surface area contributed by atoms with Gasteiger partial charge >= 0.3 is 0 Å². The Kier molecular flexibility index (Phi) is 3.71. The molecule has 0 amide bonds. The molecule has 0 radical (unpaired) electrons. The number of nitrogens with zero attached hydrogens (tertiary/aromatic N) is 3. The summed E-state index contributed by atoms with van der Waals surface area (Å²) in [6, 6.07) is 8.08. The van der Waals surface area contributed by atoms with Gasteiger partial charge in [-0.15, -0.1) is 0 Å². The number of H-pyrrole nitrogens is 1. The molecular weight excluding hydrogens is 262 g/mol. The van der Waals surface area contributed by atoms with Crippen LogP contribution in [-0.4, -0.2) is 36.1 Å². The second-order valence-corrected chi connectivity index (χ2v) is 4.97. The fourth-order valence-corrected chi connectivity index (χ4v) is 2.55. The molecule has 21 heavy (non-hydrogen) atoms. The van der Waals surface area contributed by atoms with Crippen LogP contribution in [0, 0.1) is 11.3 Å². The third-order valence-electron chi connectivity index (χ3n) is 3.65. The van der Waals surface area contributed by atoms with Crippen LogP contribution in [0.4, 0.5) is 5.82 Å². The summed E-state index contributed by atoms with van der Waals surface area (Å²) < 4.78 is 0. The Morgan fingerprint density at radius 1 is 1.33 bits per heavy atom. The predicted octanol–water partition coefficient (Wildman–Crippen LogP) is 2.00. The van der Waals surface area contributed by atoms with E-state index in [9.17, 15) is 5.26 Å². The first kappa shape index (κ1) is 13.4. The van der Waals surface area contributed by atoms with Gasteiger partial charge in [-0.1, -0.05) is 6.58 Å². The number of hydrogen-bond acceptors (Lipinski definition) is 4. The van der Waals surface area contributed by atoms with Crippen molar-refractivity contribution in [2.24, 2.45) is 0 Å². The van der Waals surface area contributed by atoms with Crippen LogP contribution in [0.5, 0.6) is 0 Å². The first-order valence-electron chi connectivity index (χ1n) is 6.99. The zero-order chi connectivity index (χ0) is 14.7. The molecule has 3 heterocycles. The molecule has 5 nitrogen and oxygen atoms in total. The molecule has 0 saturated carbocycles. The summed E-state index contributed by atoms with van der Waals surface area (Å²) in [6.07, 6.45) is 3.47. The summed E-state index contributed by atoms with van der Waals surface area (Å²) in [5.41, 5.74) is 3.46. The summed E-state index contributed by atoms with van der Waals surface area (Å²) in [5, 5.41) is 12.7. The minimum atomic E-state index is 0.684. The lowest BCUT2D eigenvalue weighted by Gasteiger charge is -2.28. The number of piperazine rings is 1. The zero-order valence-electron chi connectivity index (χ0n) is 11.8. The molecular formula is C16H17N5. The van der Waals surface area contributed by atoms with Gasteiger partial charge in [0.15, 0.2) is 0 Å². The minimum Gasteiger partial charge on any atom is -0.355 e. The third kappa shape index (κ3) is 2.67. The van der Waals surface area contributed by atoms with Crippen LogP contribution >= 0.6 is 0 Å². The maximum absolute atomic E-state index is 9.37. The fraction of sp³-hybridized carbons (Fsp3) is 0.250. The number of nitriles is 1. The molecule has 106 valence electrons. The smallest absolute Gasteiger partial charge is 0.124 e. The Morgan fingerprint density at radius 2 is 2.14 bits per heavy atom. The normalized spacial score (nSPS) is 14.7. The van der Waals surface area contributed by atoms with Gasteiger partial charge in [-0.3, -0.25) is 4.98 Å². The number of hydrogen-bond donors (Lipinski definition) is 2. The summed E-state index contributed by atoms with van der Waals surface area (Å²) in [7, 11) is 0. The lowest BCUT2D eigenvalue weighted by atomic mass is 10.1. The minimum absolute atomic E-state index is 0.684. The molecule has 0 aliphatic carbocycles. The molecule has 1 aliphatic heterocycles. The van der Waals surface area contributed by atoms with E-state index in [1.54, 1.807) is 12.3 Å². The van der Waals surface area contributed by atoms with E-state index in [0.29, 0.717) is 5.56 Å². The lowest BCUT2D eigenvalue weighted by molar-refractivity contribution is 0.585. The van der Waals surface area contributed by atoms with E-state index in [-0.39, 0.29) is 0 Å². The van der Waals surface area contributed by atoms with Gasteiger partial charge in [0, 0.05) is 43.6 Å². The monoisotopic (exact) mass is 279 g/mol. The first-order chi connectivity index (χ1) is 10.3. The first-order valence-corrected chi connectivity index (χ1v) is 6.99. The van der Waals surface area contributed by atoms with Crippen LogP contribution in [0.25, 0.3) is 17.3 Å². The van der Waals surface area contributed by atoms with Crippen molar-refractivity contribution in [1.82, 2.24) is 15.3 Å². The molecule has 1 aliphatic rings. The summed E-state index contributed by atoms with van der Waals surface area (Å²) in [5.74, 6) is 0.908. The number of rotatable bonds is 3. The van der Waals surface area contributed by atoms with E-state index >= 15 is 0 Å². The second-order valence-electron chi connectivity index (χ2n) is 4.97. The fourth-order valence-electron chi connectivity index (χ4n) is 2.55. The van der Waals surface area contributed by atoms with Crippen LogP contribution in [0.15, 0.2) is 31.0 Å². The molecule has 1 fully saturated rings. The number of nitrogens with one attached hydrogen (secondary N) is 2. The highest BCUT2D eigenvalue weighted by Gasteiger charge is 2.17. The van der Waals surface area contributed by atoms with Gasteiger partial charge in [0.25, 0.3) is 0 Å². The van der Waals surface area contributed by atoms with E-state index in [4.69, 9.17) is 0 Å². The Balaban J connectivity index is 1.98. The highest BCUT2D eigenvalue weighted by atomic mass is 15.2. The molecule has 2 N–H and O–H groups in total. The topological polar surface area (TPSA) is 67.7 Å². The molecule has 0 aromatic carbocycles. The number of aromatic nitrogens is 2. The van der Waals surface area contributed by atoms with E-state index in [0.717, 1.165) is 48.9 Å². The maximum atomic E-state index is 9.37. The van der Waals surface area contributed by atoms with Crippen molar-refractivity contribution in [2.45, 2.75) is 0 Å². The van der Waals surface area contributed by atoms with Gasteiger partial charge in [0.2, 0.25) is 0 Å². The highest BCUT2D eigenvalue weighted by molar-refractivity contribution is 5.70. The Morgan fingerprint density at radius 3 is 2.86 bits per heavy atom. The molecule has 0 unspecified atom stereocenters. The molecule has 0 spiro atoms. The van der Waals surface area contributed by atoms with Crippen LogP contribution in [0.1, 0.15) is 11.3 Å². The van der Waals surface area contributed by atoms with Gasteiger partial charge in [-0.25, -0.2) is 0 Å². The van der Waals surface area contributed by atoms with Gasteiger partial charge in [-0.2, -0.15) is 5.26 Å². The molecule has 2 aromatic heterocycles. The highest BCUT2D eigenvalue weighted by Crippen LogP contribution is 2.27. The van der Waals surface area contributed by atoms with Crippen LogP contribution in [0.3, 0.4) is 0 Å². The van der Waals surface area contributed by atoms with Crippen molar-refractivity contribution in [3.05, 3.63) is 42.2 Å². The largest absolute Gasteiger partial charge is 0.355 e. The van der Waals surface area contributed by atoms with Crippen molar-refractivity contribution >= 4 is 11.9 Å². The van der Waals surface area contributed by atoms with E-state index in [1.807, 2.05) is 18.2 Å². The predicted molar refractivity (Wildman–Crippen MR) is 83.9 cm³/mol. The summed E-state index contributed by atoms with van der Waals surface area (Å²) in [6.45, 7) is 7.43. The van der Waals surface area contributed by atoms with Gasteiger partial charge in [0.1, 0.15) is 11.9 Å². The van der Waals surface area contributed by atoms with Crippen molar-refractivity contribution in [3.63, 3.8) is 0 Å². The van der Waals surface area contributed by atoms with Crippen molar-refractivity contribution in [1.29, 1.82) is 5.26 Å². The SMILES string of the molecule is C=Cc1cc(-c2cc(C#N)c(N3CCNCC3)[nH]2)ccn1. The standard InChI is InChI=1S/C16H17N5/c1-2-14-9-12(3-4-19-14)15-10-13(11-17)16(20-15)21-7-5-18-6-8-21/h2-4,9-10,18,20H,1,5-8H2. The average molecular weight is 279 g/mol. The zero-order valence-corrected chi connectivity index (χ0v) is 11.8. The number of pyridine rings is 1. The Hall–Kier alpha value is -2.58. The quantitative estimate of drug-likeness (QED) is 0.901. The van der Waals surface area contributed by atoms with Crippen LogP contribution in [0.2, 0.25) is 0 Å². The average Bonchev–Trinajstić information content (AvgIpc) is 3.00. The Bertz CT molecular complexity index is 689. The maximum Gasteiger partial charge on any atom is 0.124 e. The van der Waals surface area contributed by atoms with Gasteiger partial charge in [0.05, 0.1) is 11.3 Å². The second kappa shape index (κ2) is 5.81. The van der Waals surface area contributed by atoms with Gasteiger partial charge < -0.3 is 15.2 Å². The number of anilines is 1. The van der Waals surface area contributed by atoms with E-state index in [1.165, 1.54) is 0 Å². The molecule has 2 aromatic rings. The van der Waals surface area contributed by atoms with E-state index < -0.39 is 0 Å². The molecule has 5 heteroatoms. The summed E-state index contributed by atoms with van der Waals surface area (Å²) >= 11 is 0. The van der Waals surface area contributed by atoms with Crippen molar-refractivity contribution in [2.75, 3.05) is 31.1 Å². The van der Waals surface area contributed by atoms with Gasteiger partial charge in [-0.05, 0) is 24.3 Å². The molecule has 3 rings (SSSR count). The van der Waals surface area contributed by atoms with E-state index in [2.05, 4.69) is 32.8 Å². The third-order valence-corrected chi connectivity index (χ3v) is 3.65. The number of aromatic amines is 1. The molecule has 0 atom stereocenters. The Labute approximate surface area is 123 Å². The van der Waals surface area contributed by atoms with Crippen LogP contribution in [-0.2, 0) is 0 Å². The lowest BCUT2D eigenvalue weighted by Crippen LogP contribution is -2.44. The summed E-state index contributed by atoms with van der Waals surface area (Å²) in [4.78, 5) is 9.81. The molecule has 0 bridgehead atoms. The van der Waals surface area contributed by atoms with Crippen molar-refractivity contribution in [3.8, 4) is 17.3 Å². The molecule has 1 saturated heterocycles. The van der Waals surface area contributed by atoms with Crippen molar-refractivity contribution < 1.29 is 0 Å².